The zero-order chi connectivity index (χ0) is 12.4. The molecule has 5 N–H and O–H groups in total. The average Bonchev–Trinajstić information content (AvgIpc) is 2.59. The molecule has 6 nitrogen and oxygen atoms in total. The number of aryl methyl sites for hydroxylation is 2. The zero-order valence-electron chi connectivity index (χ0n) is 9.94. The fourth-order valence-corrected chi connectivity index (χ4v) is 1.59. The maximum atomic E-state index is 5.63. The SMILES string of the molecule is Cc1nn(C)cc1CNc1ccc(N)c(N)n1. The number of nitrogen functional groups attached to an aromatic ring is 2. The van der Waals surface area contributed by atoms with Gasteiger partial charge >= 0.3 is 0 Å². The van der Waals surface area contributed by atoms with Gasteiger partial charge in [-0.1, -0.05) is 0 Å². The lowest BCUT2D eigenvalue weighted by Crippen LogP contribution is -2.05. The number of rotatable bonds is 3. The normalized spacial score (nSPS) is 10.5. The Morgan fingerprint density at radius 2 is 2.12 bits per heavy atom. The lowest BCUT2D eigenvalue weighted by molar-refractivity contribution is 0.756. The zero-order valence-corrected chi connectivity index (χ0v) is 9.94. The lowest BCUT2D eigenvalue weighted by Gasteiger charge is -2.06. The minimum Gasteiger partial charge on any atom is -0.396 e. The molecule has 0 atom stereocenters. The molecule has 0 fully saturated rings. The minimum atomic E-state index is 0.345. The van der Waals surface area contributed by atoms with Crippen molar-refractivity contribution in [2.24, 2.45) is 7.05 Å². The van der Waals surface area contributed by atoms with Crippen LogP contribution in [0.25, 0.3) is 0 Å². The summed E-state index contributed by atoms with van der Waals surface area (Å²) >= 11 is 0. The monoisotopic (exact) mass is 232 g/mol. The Morgan fingerprint density at radius 1 is 1.35 bits per heavy atom. The predicted molar refractivity (Wildman–Crippen MR) is 68.3 cm³/mol. The minimum absolute atomic E-state index is 0.345. The highest BCUT2D eigenvalue weighted by molar-refractivity contribution is 5.61. The third kappa shape index (κ3) is 2.47. The molecule has 0 aromatic carbocycles. The first-order valence-electron chi connectivity index (χ1n) is 5.31. The molecule has 0 saturated carbocycles. The van der Waals surface area contributed by atoms with E-state index in [4.69, 9.17) is 11.5 Å². The van der Waals surface area contributed by atoms with Crippen LogP contribution in [0.3, 0.4) is 0 Å². The van der Waals surface area contributed by atoms with E-state index >= 15 is 0 Å². The van der Waals surface area contributed by atoms with Crippen LogP contribution in [-0.2, 0) is 13.6 Å². The highest BCUT2D eigenvalue weighted by Gasteiger charge is 2.04. The highest BCUT2D eigenvalue weighted by Crippen LogP contribution is 2.15. The second-order valence-electron chi connectivity index (χ2n) is 3.94. The molecule has 2 aromatic rings. The van der Waals surface area contributed by atoms with E-state index in [0.29, 0.717) is 23.9 Å². The van der Waals surface area contributed by atoms with Crippen LogP contribution in [0.1, 0.15) is 11.3 Å². The summed E-state index contributed by atoms with van der Waals surface area (Å²) in [6.07, 6.45) is 1.98. The third-order valence-electron chi connectivity index (χ3n) is 2.53. The van der Waals surface area contributed by atoms with Crippen LogP contribution in [0.2, 0.25) is 0 Å². The van der Waals surface area contributed by atoms with Gasteiger partial charge in [0.1, 0.15) is 11.6 Å². The molecule has 2 heterocycles. The number of anilines is 3. The maximum absolute atomic E-state index is 5.63. The molecule has 0 bridgehead atoms. The van der Waals surface area contributed by atoms with Crippen molar-refractivity contribution in [3.8, 4) is 0 Å². The van der Waals surface area contributed by atoms with Crippen LogP contribution in [0.15, 0.2) is 18.3 Å². The molecule has 17 heavy (non-hydrogen) atoms. The van der Waals surface area contributed by atoms with E-state index in [2.05, 4.69) is 15.4 Å². The molecule has 0 saturated heterocycles. The summed E-state index contributed by atoms with van der Waals surface area (Å²) in [5.74, 6) is 1.05. The van der Waals surface area contributed by atoms with Crippen LogP contribution in [0.4, 0.5) is 17.3 Å². The van der Waals surface area contributed by atoms with Crippen molar-refractivity contribution in [2.75, 3.05) is 16.8 Å². The quantitative estimate of drug-likeness (QED) is 0.730. The molecule has 0 spiro atoms. The molecule has 2 rings (SSSR count). The summed E-state index contributed by atoms with van der Waals surface area (Å²) in [4.78, 5) is 4.14. The van der Waals surface area contributed by atoms with Gasteiger partial charge in [0.15, 0.2) is 0 Å². The summed E-state index contributed by atoms with van der Waals surface area (Å²) in [5, 5.41) is 7.45. The molecular formula is C11H16N6. The van der Waals surface area contributed by atoms with Gasteiger partial charge in [0.25, 0.3) is 0 Å². The van der Waals surface area contributed by atoms with Crippen LogP contribution >= 0.6 is 0 Å². The average molecular weight is 232 g/mol. The molecule has 0 aliphatic carbocycles. The number of aromatic nitrogens is 3. The van der Waals surface area contributed by atoms with Crippen LogP contribution < -0.4 is 16.8 Å². The molecule has 0 amide bonds. The summed E-state index contributed by atoms with van der Waals surface area (Å²) in [7, 11) is 1.90. The van der Waals surface area contributed by atoms with Gasteiger partial charge in [0.05, 0.1) is 11.4 Å². The van der Waals surface area contributed by atoms with E-state index in [-0.39, 0.29) is 0 Å². The number of hydrogen-bond acceptors (Lipinski definition) is 5. The first-order valence-corrected chi connectivity index (χ1v) is 5.31. The van der Waals surface area contributed by atoms with Crippen molar-refractivity contribution >= 4 is 17.3 Å². The van der Waals surface area contributed by atoms with Crippen molar-refractivity contribution in [1.82, 2.24) is 14.8 Å². The summed E-state index contributed by atoms with van der Waals surface area (Å²) in [6, 6.07) is 3.54. The molecule has 0 unspecified atom stereocenters. The molecule has 6 heteroatoms. The lowest BCUT2D eigenvalue weighted by atomic mass is 10.2. The topological polar surface area (TPSA) is 94.8 Å². The van der Waals surface area contributed by atoms with E-state index in [1.165, 1.54) is 0 Å². The van der Waals surface area contributed by atoms with Crippen molar-refractivity contribution in [2.45, 2.75) is 13.5 Å². The number of nitrogens with one attached hydrogen (secondary N) is 1. The number of hydrogen-bond donors (Lipinski definition) is 3. The second-order valence-corrected chi connectivity index (χ2v) is 3.94. The standard InChI is InChI=1S/C11H16N6/c1-7-8(6-17(2)16-7)5-14-10-4-3-9(12)11(13)15-10/h3-4,6H,5,12H2,1-2H3,(H3,13,14,15). The van der Waals surface area contributed by atoms with Gasteiger partial charge in [0, 0.05) is 25.4 Å². The van der Waals surface area contributed by atoms with Gasteiger partial charge in [-0.2, -0.15) is 5.10 Å². The Balaban J connectivity index is 2.07. The first kappa shape index (κ1) is 11.3. The third-order valence-corrected chi connectivity index (χ3v) is 2.53. The van der Waals surface area contributed by atoms with Gasteiger partial charge in [-0.25, -0.2) is 4.98 Å². The Morgan fingerprint density at radius 3 is 2.71 bits per heavy atom. The Hall–Kier alpha value is -2.24. The highest BCUT2D eigenvalue weighted by atomic mass is 15.3. The summed E-state index contributed by atoms with van der Waals surface area (Å²) in [5.41, 5.74) is 13.9. The molecular weight excluding hydrogens is 216 g/mol. The molecule has 0 radical (unpaired) electrons. The maximum Gasteiger partial charge on any atom is 0.149 e. The Labute approximate surface area is 99.6 Å². The molecule has 0 aliphatic rings. The smallest absolute Gasteiger partial charge is 0.149 e. The molecule has 0 aliphatic heterocycles. The fourth-order valence-electron chi connectivity index (χ4n) is 1.59. The van der Waals surface area contributed by atoms with E-state index in [0.717, 1.165) is 11.3 Å². The van der Waals surface area contributed by atoms with Gasteiger partial charge in [-0.15, -0.1) is 0 Å². The van der Waals surface area contributed by atoms with E-state index in [1.54, 1.807) is 16.8 Å². The number of nitrogens with zero attached hydrogens (tertiary/aromatic N) is 3. The van der Waals surface area contributed by atoms with Gasteiger partial charge in [-0.05, 0) is 19.1 Å². The van der Waals surface area contributed by atoms with Crippen molar-refractivity contribution in [3.63, 3.8) is 0 Å². The summed E-state index contributed by atoms with van der Waals surface area (Å²) in [6.45, 7) is 2.64. The van der Waals surface area contributed by atoms with E-state index in [1.807, 2.05) is 20.2 Å². The fraction of sp³-hybridized carbons (Fsp3) is 0.273. The Bertz CT molecular complexity index is 531. The summed E-state index contributed by atoms with van der Waals surface area (Å²) < 4.78 is 1.79. The first-order chi connectivity index (χ1) is 8.06. The van der Waals surface area contributed by atoms with Crippen molar-refractivity contribution in [3.05, 3.63) is 29.6 Å². The molecule has 90 valence electrons. The largest absolute Gasteiger partial charge is 0.396 e. The predicted octanol–water partition coefficient (Wildman–Crippen LogP) is 0.900. The number of nitrogens with two attached hydrogens (primary N) is 2. The van der Waals surface area contributed by atoms with Crippen molar-refractivity contribution in [1.29, 1.82) is 0 Å². The molecule has 2 aromatic heterocycles. The van der Waals surface area contributed by atoms with Crippen LogP contribution in [0, 0.1) is 6.92 Å². The van der Waals surface area contributed by atoms with Gasteiger partial charge in [-0.3, -0.25) is 4.68 Å². The second kappa shape index (κ2) is 4.32. The van der Waals surface area contributed by atoms with Crippen LogP contribution in [0.5, 0.6) is 0 Å². The van der Waals surface area contributed by atoms with Gasteiger partial charge < -0.3 is 16.8 Å². The Kier molecular flexibility index (Phi) is 2.86. The van der Waals surface area contributed by atoms with Crippen molar-refractivity contribution < 1.29 is 0 Å². The van der Waals surface area contributed by atoms with E-state index < -0.39 is 0 Å². The number of pyridine rings is 1. The van der Waals surface area contributed by atoms with Gasteiger partial charge in [0.2, 0.25) is 0 Å². The van der Waals surface area contributed by atoms with Crippen LogP contribution in [-0.4, -0.2) is 14.8 Å². The van der Waals surface area contributed by atoms with E-state index in [9.17, 15) is 0 Å².